The second-order valence-corrected chi connectivity index (χ2v) is 8.51. The molecule has 0 fully saturated rings. The van der Waals surface area contributed by atoms with Crippen molar-refractivity contribution in [3.05, 3.63) is 77.4 Å². The molecule has 0 unspecified atom stereocenters. The summed E-state index contributed by atoms with van der Waals surface area (Å²) in [4.78, 5) is 4.39. The van der Waals surface area contributed by atoms with E-state index in [0.29, 0.717) is 0 Å². The fourth-order valence-corrected chi connectivity index (χ4v) is 4.82. The van der Waals surface area contributed by atoms with Crippen molar-refractivity contribution in [1.29, 1.82) is 0 Å². The van der Waals surface area contributed by atoms with E-state index in [4.69, 9.17) is 0 Å². The lowest BCUT2D eigenvalue weighted by Crippen LogP contribution is -1.78. The topological polar surface area (TPSA) is 0 Å². The summed E-state index contributed by atoms with van der Waals surface area (Å²) in [5.74, 6) is 13.1. The molecule has 0 nitrogen and oxygen atoms in total. The molecule has 0 amide bonds. The predicted octanol–water partition coefficient (Wildman–Crippen LogP) is 6.40. The Kier molecular flexibility index (Phi) is 4.64. The molecule has 4 heterocycles. The molecular weight excluding hydrogens is 368 g/mol. The Balaban J connectivity index is 1.69. The van der Waals surface area contributed by atoms with Gasteiger partial charge in [-0.25, -0.2) is 0 Å². The van der Waals surface area contributed by atoms with E-state index in [1.54, 1.807) is 45.3 Å². The minimum atomic E-state index is 1.09. The van der Waals surface area contributed by atoms with Crippen LogP contribution in [0.2, 0.25) is 0 Å². The lowest BCUT2D eigenvalue weighted by molar-refractivity contribution is 1.76. The van der Waals surface area contributed by atoms with Gasteiger partial charge in [-0.15, -0.1) is 45.3 Å². The maximum atomic E-state index is 3.32. The van der Waals surface area contributed by atoms with Crippen LogP contribution in [0, 0.1) is 23.7 Å². The number of hydrogen-bond donors (Lipinski definition) is 0. The summed E-state index contributed by atoms with van der Waals surface area (Å²) in [7, 11) is 0. The largest absolute Gasteiger partial charge is 0.135 e. The van der Waals surface area contributed by atoms with Crippen LogP contribution in [0.1, 0.15) is 19.5 Å². The molecule has 0 saturated carbocycles. The molecule has 4 heteroatoms. The van der Waals surface area contributed by atoms with Crippen LogP contribution in [-0.2, 0) is 0 Å². The van der Waals surface area contributed by atoms with Gasteiger partial charge in [0, 0.05) is 11.1 Å². The van der Waals surface area contributed by atoms with Crippen LogP contribution in [-0.4, -0.2) is 0 Å². The molecule has 0 radical (unpaired) electrons. The van der Waals surface area contributed by atoms with Gasteiger partial charge in [-0.2, -0.15) is 0 Å². The van der Waals surface area contributed by atoms with Gasteiger partial charge in [-0.1, -0.05) is 12.1 Å². The molecule has 4 rings (SSSR count). The van der Waals surface area contributed by atoms with E-state index in [-0.39, 0.29) is 0 Å². The molecule has 24 heavy (non-hydrogen) atoms. The quantitative estimate of drug-likeness (QED) is 0.336. The molecule has 114 valence electrons. The van der Waals surface area contributed by atoms with E-state index in [1.807, 2.05) is 24.3 Å². The van der Waals surface area contributed by atoms with Crippen LogP contribution in [0.5, 0.6) is 0 Å². The first-order valence-electron chi connectivity index (χ1n) is 7.16. The lowest BCUT2D eigenvalue weighted by atomic mass is 10.1. The monoisotopic (exact) mass is 378 g/mol. The Morgan fingerprint density at radius 2 is 1.00 bits per heavy atom. The first-order valence-corrected chi connectivity index (χ1v) is 10.7. The van der Waals surface area contributed by atoms with Crippen molar-refractivity contribution < 1.29 is 0 Å². The third kappa shape index (κ3) is 3.38. The zero-order chi connectivity index (χ0) is 16.2. The average Bonchev–Trinajstić information content (AvgIpc) is 3.40. The highest BCUT2D eigenvalue weighted by atomic mass is 32.1. The minimum absolute atomic E-state index is 1.09. The molecule has 0 aliphatic carbocycles. The predicted molar refractivity (Wildman–Crippen MR) is 108 cm³/mol. The molecular formula is C20H10S4. The summed E-state index contributed by atoms with van der Waals surface area (Å²) in [6, 6.07) is 12.4. The van der Waals surface area contributed by atoms with Crippen LogP contribution < -0.4 is 0 Å². The van der Waals surface area contributed by atoms with Crippen molar-refractivity contribution >= 4 is 45.3 Å². The molecule has 0 aromatic carbocycles. The second kappa shape index (κ2) is 7.21. The van der Waals surface area contributed by atoms with E-state index >= 15 is 0 Å². The van der Waals surface area contributed by atoms with E-state index < -0.39 is 0 Å². The van der Waals surface area contributed by atoms with Gasteiger partial charge >= 0.3 is 0 Å². The summed E-state index contributed by atoms with van der Waals surface area (Å²) >= 11 is 6.71. The summed E-state index contributed by atoms with van der Waals surface area (Å²) in [6.07, 6.45) is 0. The first-order chi connectivity index (χ1) is 11.9. The van der Waals surface area contributed by atoms with Gasteiger partial charge in [-0.3, -0.25) is 0 Å². The van der Waals surface area contributed by atoms with Gasteiger partial charge < -0.3 is 0 Å². The van der Waals surface area contributed by atoms with Crippen molar-refractivity contribution in [2.45, 2.75) is 0 Å². The fourth-order valence-electron chi connectivity index (χ4n) is 2.17. The van der Waals surface area contributed by atoms with Crippen LogP contribution in [0.4, 0.5) is 0 Å². The van der Waals surface area contributed by atoms with Gasteiger partial charge in [-0.05, 0) is 69.5 Å². The van der Waals surface area contributed by atoms with E-state index in [0.717, 1.165) is 19.5 Å². The molecule has 0 atom stereocenters. The third-order valence-corrected chi connectivity index (χ3v) is 6.49. The van der Waals surface area contributed by atoms with Gasteiger partial charge in [0.25, 0.3) is 0 Å². The molecule has 4 aromatic rings. The van der Waals surface area contributed by atoms with E-state index in [1.165, 1.54) is 11.1 Å². The lowest BCUT2D eigenvalue weighted by Gasteiger charge is -1.96. The Bertz CT molecular complexity index is 964. The maximum Gasteiger partial charge on any atom is 0.0851 e. The minimum Gasteiger partial charge on any atom is -0.135 e. The average molecular weight is 379 g/mol. The highest BCUT2D eigenvalue weighted by molar-refractivity contribution is 7.12. The van der Waals surface area contributed by atoms with Crippen LogP contribution in [0.25, 0.3) is 11.1 Å². The molecule has 0 aliphatic heterocycles. The number of thiophene rings is 4. The standard InChI is InChI=1S/C20H10S4/c1-3-15(21-11-1)5-7-19-17(9-13-23-19)18-10-14-24-20(18)8-6-16-4-2-12-22-16/h1-4,9-14H. The first kappa shape index (κ1) is 15.4. The number of hydrogen-bond acceptors (Lipinski definition) is 4. The summed E-state index contributed by atoms with van der Waals surface area (Å²) in [5.41, 5.74) is 2.36. The van der Waals surface area contributed by atoms with E-state index in [9.17, 15) is 0 Å². The van der Waals surface area contributed by atoms with Crippen LogP contribution in [0.15, 0.2) is 57.9 Å². The van der Waals surface area contributed by atoms with Crippen LogP contribution in [0.3, 0.4) is 0 Å². The third-order valence-electron chi connectivity index (χ3n) is 3.26. The number of rotatable bonds is 1. The summed E-state index contributed by atoms with van der Waals surface area (Å²) < 4.78 is 0. The second-order valence-electron chi connectivity index (χ2n) is 4.78. The van der Waals surface area contributed by atoms with Gasteiger partial charge in [0.15, 0.2) is 0 Å². The van der Waals surface area contributed by atoms with Crippen molar-refractivity contribution in [2.75, 3.05) is 0 Å². The van der Waals surface area contributed by atoms with Crippen LogP contribution >= 0.6 is 45.3 Å². The van der Waals surface area contributed by atoms with Crippen molar-refractivity contribution in [3.63, 3.8) is 0 Å². The molecule has 0 spiro atoms. The van der Waals surface area contributed by atoms with Crippen molar-refractivity contribution in [3.8, 4) is 34.8 Å². The summed E-state index contributed by atoms with van der Waals surface area (Å²) in [6.45, 7) is 0. The van der Waals surface area contributed by atoms with E-state index in [2.05, 4.69) is 57.3 Å². The normalized spacial score (nSPS) is 9.83. The Morgan fingerprint density at radius 3 is 1.42 bits per heavy atom. The van der Waals surface area contributed by atoms with Crippen molar-refractivity contribution in [2.24, 2.45) is 0 Å². The maximum absolute atomic E-state index is 3.32. The molecule has 4 aromatic heterocycles. The Labute approximate surface area is 157 Å². The molecule has 0 bridgehead atoms. The summed E-state index contributed by atoms with van der Waals surface area (Å²) in [5, 5.41) is 8.30. The molecule has 0 aliphatic rings. The van der Waals surface area contributed by atoms with Gasteiger partial charge in [0.05, 0.1) is 19.5 Å². The van der Waals surface area contributed by atoms with Gasteiger partial charge in [0.2, 0.25) is 0 Å². The highest BCUT2D eigenvalue weighted by Gasteiger charge is 2.10. The zero-order valence-electron chi connectivity index (χ0n) is 12.4. The Hall–Kier alpha value is -2.08. The smallest absolute Gasteiger partial charge is 0.0851 e. The fraction of sp³-hybridized carbons (Fsp3) is 0. The molecule has 0 N–H and O–H groups in total. The Morgan fingerprint density at radius 1 is 0.500 bits per heavy atom. The zero-order valence-corrected chi connectivity index (χ0v) is 15.7. The van der Waals surface area contributed by atoms with Crippen molar-refractivity contribution in [1.82, 2.24) is 0 Å². The molecule has 0 saturated heterocycles. The van der Waals surface area contributed by atoms with Gasteiger partial charge in [0.1, 0.15) is 0 Å². The highest BCUT2D eigenvalue weighted by Crippen LogP contribution is 2.33. The SMILES string of the molecule is C(#Cc1sccc1-c1ccsc1C#Cc1cccs1)c1cccs1.